The van der Waals surface area contributed by atoms with Crippen molar-refractivity contribution in [3.8, 4) is 0 Å². The highest BCUT2D eigenvalue weighted by Gasteiger charge is 2.37. The zero-order chi connectivity index (χ0) is 20.4. The van der Waals surface area contributed by atoms with E-state index in [0.29, 0.717) is 0 Å². The number of benzene rings is 1. The molecule has 1 aromatic rings. The van der Waals surface area contributed by atoms with Crippen molar-refractivity contribution in [2.45, 2.75) is 40.0 Å². The molecule has 0 saturated heterocycles. The Kier molecular flexibility index (Phi) is 8.50. The molecule has 28 heavy (non-hydrogen) atoms. The van der Waals surface area contributed by atoms with Gasteiger partial charge in [0, 0.05) is 18.4 Å². The van der Waals surface area contributed by atoms with Crippen LogP contribution in [0.15, 0.2) is 95.8 Å². The third-order valence-electron chi connectivity index (χ3n) is 4.33. The van der Waals surface area contributed by atoms with Crippen LogP contribution >= 0.6 is 0 Å². The van der Waals surface area contributed by atoms with Gasteiger partial charge in [-0.1, -0.05) is 75.1 Å². The molecule has 2 aliphatic rings. The zero-order valence-corrected chi connectivity index (χ0v) is 17.4. The molecule has 0 spiro atoms. The lowest BCUT2D eigenvalue weighted by atomic mass is 10.1. The number of nitrogens with zero attached hydrogens (tertiary/aromatic N) is 3. The first-order valence-corrected chi connectivity index (χ1v) is 9.87. The normalized spacial score (nSPS) is 19.3. The van der Waals surface area contributed by atoms with Gasteiger partial charge in [0.05, 0.1) is 5.69 Å². The highest BCUT2D eigenvalue weighted by molar-refractivity contribution is 6.04. The van der Waals surface area contributed by atoms with E-state index in [1.807, 2.05) is 68.3 Å². The molecule has 0 N–H and O–H groups in total. The molecule has 4 heteroatoms. The molecule has 0 aromatic heterocycles. The minimum Gasteiger partial charge on any atom is -0.342 e. The van der Waals surface area contributed by atoms with Crippen LogP contribution in [0.4, 0.5) is 5.69 Å². The largest absolute Gasteiger partial charge is 0.342 e. The zero-order valence-electron chi connectivity index (χ0n) is 17.4. The summed E-state index contributed by atoms with van der Waals surface area (Å²) in [5.41, 5.74) is 3.11. The highest BCUT2D eigenvalue weighted by Crippen LogP contribution is 2.32. The quantitative estimate of drug-likeness (QED) is 0.569. The van der Waals surface area contributed by atoms with Crippen LogP contribution in [0.25, 0.3) is 0 Å². The molecule has 1 heterocycles. The first kappa shape index (κ1) is 21.5. The highest BCUT2D eigenvalue weighted by atomic mass is 16.5. The molecular weight excluding hydrogens is 346 g/mol. The topological polar surface area (TPSA) is 28.1 Å². The predicted molar refractivity (Wildman–Crippen MR) is 120 cm³/mol. The molecule has 148 valence electrons. The number of rotatable bonds is 6. The van der Waals surface area contributed by atoms with Crippen molar-refractivity contribution in [1.29, 1.82) is 0 Å². The Morgan fingerprint density at radius 2 is 1.96 bits per heavy atom. The standard InChI is InChI=1S/C22H25N3O.C2H6/c1-4-6-13-18(5-2)21-23-25(20-16-11-8-12-17-20)22(26-3)24(21)19-14-9-7-10-15-19;1-2/h4-6,8-9,11-17,22H,1,7,10H2,2-3H3;1-2H3/b13-6-,18-5+;. The second-order valence-electron chi connectivity index (χ2n) is 5.98. The van der Waals surface area contributed by atoms with Gasteiger partial charge in [0.1, 0.15) is 0 Å². The molecular formula is C24H31N3O. The van der Waals surface area contributed by atoms with E-state index in [-0.39, 0.29) is 6.35 Å². The molecule has 0 radical (unpaired) electrons. The van der Waals surface area contributed by atoms with Gasteiger partial charge in [-0.25, -0.2) is 5.01 Å². The summed E-state index contributed by atoms with van der Waals surface area (Å²) in [4.78, 5) is 2.14. The summed E-state index contributed by atoms with van der Waals surface area (Å²) in [7, 11) is 1.72. The number of hydrogen-bond donors (Lipinski definition) is 0. The lowest BCUT2D eigenvalue weighted by molar-refractivity contribution is 0.0343. The van der Waals surface area contributed by atoms with Gasteiger partial charge in [-0.2, -0.15) is 0 Å². The Labute approximate surface area is 169 Å². The minimum absolute atomic E-state index is 0.339. The Bertz CT molecular complexity index is 787. The molecule has 1 aromatic carbocycles. The van der Waals surface area contributed by atoms with Gasteiger partial charge in [-0.05, 0) is 38.0 Å². The molecule has 1 aliphatic carbocycles. The number of para-hydroxylation sites is 1. The van der Waals surface area contributed by atoms with Crippen molar-refractivity contribution in [3.05, 3.63) is 90.7 Å². The van der Waals surface area contributed by atoms with Crippen LogP contribution in [0.1, 0.15) is 33.6 Å². The molecule has 1 aliphatic heterocycles. The third kappa shape index (κ3) is 4.70. The van der Waals surface area contributed by atoms with Crippen molar-refractivity contribution >= 4 is 11.5 Å². The smallest absolute Gasteiger partial charge is 0.235 e. The molecule has 0 amide bonds. The number of hydrogen-bond acceptors (Lipinski definition) is 4. The minimum atomic E-state index is -0.339. The molecule has 1 unspecified atom stereocenters. The van der Waals surface area contributed by atoms with Gasteiger partial charge in [-0.15, -0.1) is 5.10 Å². The Hall–Kier alpha value is -2.85. The number of amidine groups is 1. The van der Waals surface area contributed by atoms with E-state index in [4.69, 9.17) is 9.84 Å². The summed E-state index contributed by atoms with van der Waals surface area (Å²) in [6.07, 6.45) is 16.1. The van der Waals surface area contributed by atoms with Crippen molar-refractivity contribution in [1.82, 2.24) is 4.90 Å². The molecule has 0 fully saturated rings. The van der Waals surface area contributed by atoms with E-state index in [0.717, 1.165) is 35.6 Å². The van der Waals surface area contributed by atoms with Crippen LogP contribution in [0.3, 0.4) is 0 Å². The van der Waals surface area contributed by atoms with Crippen LogP contribution in [0.2, 0.25) is 0 Å². The van der Waals surface area contributed by atoms with E-state index in [2.05, 4.69) is 35.8 Å². The fourth-order valence-corrected chi connectivity index (χ4v) is 3.08. The lowest BCUT2D eigenvalue weighted by Gasteiger charge is -2.32. The van der Waals surface area contributed by atoms with Crippen molar-refractivity contribution in [2.75, 3.05) is 12.1 Å². The van der Waals surface area contributed by atoms with Crippen LogP contribution < -0.4 is 5.01 Å². The summed E-state index contributed by atoms with van der Waals surface area (Å²) in [6.45, 7) is 9.79. The van der Waals surface area contributed by atoms with E-state index < -0.39 is 0 Å². The molecule has 3 rings (SSSR count). The second kappa shape index (κ2) is 11.1. The molecule has 1 atom stereocenters. The van der Waals surface area contributed by atoms with E-state index in [9.17, 15) is 0 Å². The van der Waals surface area contributed by atoms with Gasteiger partial charge >= 0.3 is 0 Å². The third-order valence-corrected chi connectivity index (χ3v) is 4.33. The predicted octanol–water partition coefficient (Wildman–Crippen LogP) is 6.00. The van der Waals surface area contributed by atoms with Crippen molar-refractivity contribution in [2.24, 2.45) is 5.10 Å². The summed E-state index contributed by atoms with van der Waals surface area (Å²) >= 11 is 0. The number of ether oxygens (including phenoxy) is 1. The van der Waals surface area contributed by atoms with E-state index in [1.165, 1.54) is 0 Å². The average molecular weight is 378 g/mol. The number of allylic oxidation sites excluding steroid dienone is 6. The van der Waals surface area contributed by atoms with Gasteiger partial charge in [0.15, 0.2) is 5.84 Å². The van der Waals surface area contributed by atoms with Crippen LogP contribution in [-0.2, 0) is 4.74 Å². The fourth-order valence-electron chi connectivity index (χ4n) is 3.08. The monoisotopic (exact) mass is 377 g/mol. The Balaban J connectivity index is 0.00000136. The molecule has 0 bridgehead atoms. The first-order valence-electron chi connectivity index (χ1n) is 9.87. The summed E-state index contributed by atoms with van der Waals surface area (Å²) < 4.78 is 5.86. The van der Waals surface area contributed by atoms with Gasteiger partial charge < -0.3 is 4.74 Å². The maximum Gasteiger partial charge on any atom is 0.235 e. The maximum atomic E-state index is 5.86. The number of methoxy groups -OCH3 is 1. The maximum absolute atomic E-state index is 5.86. The fraction of sp³-hybridized carbons (Fsp3) is 0.292. The summed E-state index contributed by atoms with van der Waals surface area (Å²) in [5.74, 6) is 0.860. The van der Waals surface area contributed by atoms with Crippen molar-refractivity contribution in [3.63, 3.8) is 0 Å². The van der Waals surface area contributed by atoms with Crippen LogP contribution in [-0.4, -0.2) is 24.2 Å². The summed E-state index contributed by atoms with van der Waals surface area (Å²) in [6, 6.07) is 10.1. The van der Waals surface area contributed by atoms with Gasteiger partial charge in [-0.3, -0.25) is 4.90 Å². The molecule has 0 saturated carbocycles. The van der Waals surface area contributed by atoms with Gasteiger partial charge in [0.2, 0.25) is 6.35 Å². The van der Waals surface area contributed by atoms with Crippen LogP contribution in [0.5, 0.6) is 0 Å². The SMILES string of the molecule is C=C/C=C\C(=C/C)C1=NN(c2ccccc2)C(OC)N1C1=CCCC=C1.CC. The average Bonchev–Trinajstić information content (AvgIpc) is 3.16. The number of anilines is 1. The first-order chi connectivity index (χ1) is 13.8. The van der Waals surface area contributed by atoms with Crippen LogP contribution in [0, 0.1) is 0 Å². The Morgan fingerprint density at radius 1 is 1.21 bits per heavy atom. The van der Waals surface area contributed by atoms with E-state index in [1.54, 1.807) is 13.2 Å². The Morgan fingerprint density at radius 3 is 2.54 bits per heavy atom. The van der Waals surface area contributed by atoms with Crippen molar-refractivity contribution < 1.29 is 4.74 Å². The summed E-state index contributed by atoms with van der Waals surface area (Å²) in [5, 5.41) is 6.83. The second-order valence-corrected chi connectivity index (χ2v) is 5.98. The lowest BCUT2D eigenvalue weighted by Crippen LogP contribution is -2.43. The number of hydrazone groups is 1. The van der Waals surface area contributed by atoms with E-state index >= 15 is 0 Å². The molecule has 4 nitrogen and oxygen atoms in total. The van der Waals surface area contributed by atoms with Gasteiger partial charge in [0.25, 0.3) is 0 Å².